The molecular formula is C14H18O3. The van der Waals surface area contributed by atoms with E-state index < -0.39 is 0 Å². The average Bonchev–Trinajstić information content (AvgIpc) is 2.23. The molecule has 0 saturated carbocycles. The lowest BCUT2D eigenvalue weighted by Crippen LogP contribution is -2.11. The number of carbonyl (C=O) groups excluding carboxylic acids is 2. The number of ether oxygens (including phenoxy) is 1. The number of carbonyl (C=O) groups is 2. The molecule has 3 nitrogen and oxygen atoms in total. The van der Waals surface area contributed by atoms with Crippen LogP contribution in [0.5, 0.6) is 0 Å². The average molecular weight is 234 g/mol. The van der Waals surface area contributed by atoms with Gasteiger partial charge in [-0.15, -0.1) is 0 Å². The van der Waals surface area contributed by atoms with Gasteiger partial charge in [0, 0.05) is 6.42 Å². The first-order valence-electron chi connectivity index (χ1n) is 5.77. The van der Waals surface area contributed by atoms with E-state index in [2.05, 4.69) is 0 Å². The molecule has 0 unspecified atom stereocenters. The van der Waals surface area contributed by atoms with Crippen LogP contribution in [0.15, 0.2) is 18.2 Å². The molecular weight excluding hydrogens is 216 g/mol. The Hall–Kier alpha value is -1.64. The van der Waals surface area contributed by atoms with Gasteiger partial charge in [0.05, 0.1) is 13.0 Å². The van der Waals surface area contributed by atoms with Gasteiger partial charge in [-0.3, -0.25) is 9.59 Å². The fourth-order valence-electron chi connectivity index (χ4n) is 1.80. The van der Waals surface area contributed by atoms with Crippen LogP contribution in [0.2, 0.25) is 0 Å². The summed E-state index contributed by atoms with van der Waals surface area (Å²) in [6, 6.07) is 5.72. The van der Waals surface area contributed by atoms with E-state index in [9.17, 15) is 9.59 Å². The first-order valence-corrected chi connectivity index (χ1v) is 5.77. The zero-order valence-electron chi connectivity index (χ0n) is 10.6. The quantitative estimate of drug-likeness (QED) is 0.734. The molecule has 0 aliphatic rings. The van der Waals surface area contributed by atoms with Crippen LogP contribution in [0.4, 0.5) is 0 Å². The van der Waals surface area contributed by atoms with Crippen LogP contribution in [0.25, 0.3) is 0 Å². The van der Waals surface area contributed by atoms with Crippen LogP contribution < -0.4 is 0 Å². The van der Waals surface area contributed by atoms with E-state index in [0.717, 1.165) is 16.7 Å². The summed E-state index contributed by atoms with van der Waals surface area (Å²) in [5.74, 6) is -0.146. The van der Waals surface area contributed by atoms with E-state index in [1.54, 1.807) is 13.8 Å². The second-order valence-electron chi connectivity index (χ2n) is 4.07. The molecule has 0 aliphatic carbocycles. The first kappa shape index (κ1) is 13.4. The Morgan fingerprint density at radius 2 is 1.94 bits per heavy atom. The topological polar surface area (TPSA) is 43.4 Å². The van der Waals surface area contributed by atoms with E-state index in [0.29, 0.717) is 13.0 Å². The standard InChI is InChI=1S/C14H18O3/c1-4-17-14(16)9-12-7-5-6-10(2)13(12)8-11(3)15/h5-7H,4,8-9H2,1-3H3. The molecule has 0 heterocycles. The summed E-state index contributed by atoms with van der Waals surface area (Å²) in [5.41, 5.74) is 2.88. The van der Waals surface area contributed by atoms with Crippen LogP contribution >= 0.6 is 0 Å². The Kier molecular flexibility index (Phi) is 4.88. The highest BCUT2D eigenvalue weighted by molar-refractivity contribution is 5.80. The molecule has 0 aliphatic heterocycles. The minimum Gasteiger partial charge on any atom is -0.466 e. The van der Waals surface area contributed by atoms with Gasteiger partial charge in [-0.2, -0.15) is 0 Å². The van der Waals surface area contributed by atoms with Gasteiger partial charge in [-0.1, -0.05) is 18.2 Å². The SMILES string of the molecule is CCOC(=O)Cc1cccc(C)c1CC(C)=O. The third-order valence-electron chi connectivity index (χ3n) is 2.57. The van der Waals surface area contributed by atoms with E-state index in [1.165, 1.54) is 0 Å². The lowest BCUT2D eigenvalue weighted by atomic mass is 9.96. The number of hydrogen-bond donors (Lipinski definition) is 0. The number of ketones is 1. The summed E-state index contributed by atoms with van der Waals surface area (Å²) >= 11 is 0. The minimum absolute atomic E-state index is 0.101. The van der Waals surface area contributed by atoms with Crippen LogP contribution in [-0.2, 0) is 27.2 Å². The zero-order chi connectivity index (χ0) is 12.8. The normalized spacial score (nSPS) is 10.1. The molecule has 0 fully saturated rings. The maximum absolute atomic E-state index is 11.5. The molecule has 0 spiro atoms. The van der Waals surface area contributed by atoms with Gasteiger partial charge in [-0.05, 0) is 37.5 Å². The predicted octanol–water partition coefficient (Wildman–Crippen LogP) is 2.23. The van der Waals surface area contributed by atoms with Gasteiger partial charge < -0.3 is 4.74 Å². The van der Waals surface area contributed by atoms with Crippen molar-refractivity contribution in [3.05, 3.63) is 34.9 Å². The van der Waals surface area contributed by atoms with Crippen molar-refractivity contribution in [2.45, 2.75) is 33.6 Å². The van der Waals surface area contributed by atoms with Gasteiger partial charge in [0.2, 0.25) is 0 Å². The van der Waals surface area contributed by atoms with Crippen LogP contribution in [0.1, 0.15) is 30.5 Å². The van der Waals surface area contributed by atoms with Gasteiger partial charge in [0.1, 0.15) is 5.78 Å². The Bertz CT molecular complexity index is 421. The molecule has 92 valence electrons. The molecule has 1 aromatic rings. The third-order valence-corrected chi connectivity index (χ3v) is 2.57. The zero-order valence-corrected chi connectivity index (χ0v) is 10.6. The predicted molar refractivity (Wildman–Crippen MR) is 65.9 cm³/mol. The van der Waals surface area contributed by atoms with E-state index >= 15 is 0 Å². The molecule has 1 aromatic carbocycles. The van der Waals surface area contributed by atoms with Crippen molar-refractivity contribution in [1.29, 1.82) is 0 Å². The Morgan fingerprint density at radius 3 is 2.53 bits per heavy atom. The Morgan fingerprint density at radius 1 is 1.24 bits per heavy atom. The molecule has 3 heteroatoms. The molecule has 0 N–H and O–H groups in total. The first-order chi connectivity index (χ1) is 8.04. The molecule has 0 atom stereocenters. The monoisotopic (exact) mass is 234 g/mol. The summed E-state index contributed by atoms with van der Waals surface area (Å²) in [6.45, 7) is 5.67. The molecule has 0 aromatic heterocycles. The number of benzene rings is 1. The summed E-state index contributed by atoms with van der Waals surface area (Å²) in [6.07, 6.45) is 0.611. The lowest BCUT2D eigenvalue weighted by Gasteiger charge is -2.10. The van der Waals surface area contributed by atoms with E-state index in [-0.39, 0.29) is 18.2 Å². The maximum Gasteiger partial charge on any atom is 0.310 e. The van der Waals surface area contributed by atoms with Crippen LogP contribution in [0.3, 0.4) is 0 Å². The van der Waals surface area contributed by atoms with Crippen molar-refractivity contribution < 1.29 is 14.3 Å². The molecule has 1 rings (SSSR count). The van der Waals surface area contributed by atoms with Crippen molar-refractivity contribution in [3.8, 4) is 0 Å². The highest BCUT2D eigenvalue weighted by Gasteiger charge is 2.11. The molecule has 0 bridgehead atoms. The number of Topliss-reactive ketones (excluding diaryl/α,β-unsaturated/α-hetero) is 1. The summed E-state index contributed by atoms with van der Waals surface area (Å²) in [4.78, 5) is 22.7. The minimum atomic E-state index is -0.247. The van der Waals surface area contributed by atoms with E-state index in [4.69, 9.17) is 4.74 Å². The third kappa shape index (κ3) is 4.02. The summed E-state index contributed by atoms with van der Waals surface area (Å²) < 4.78 is 4.92. The number of aryl methyl sites for hydroxylation is 1. The highest BCUT2D eigenvalue weighted by atomic mass is 16.5. The maximum atomic E-state index is 11.5. The number of hydrogen-bond acceptors (Lipinski definition) is 3. The summed E-state index contributed by atoms with van der Waals surface area (Å²) in [5, 5.41) is 0. The van der Waals surface area contributed by atoms with Gasteiger partial charge in [0.15, 0.2) is 0 Å². The van der Waals surface area contributed by atoms with Crippen molar-refractivity contribution >= 4 is 11.8 Å². The second-order valence-corrected chi connectivity index (χ2v) is 4.07. The van der Waals surface area contributed by atoms with Crippen molar-refractivity contribution in [1.82, 2.24) is 0 Å². The van der Waals surface area contributed by atoms with Crippen molar-refractivity contribution in [2.75, 3.05) is 6.61 Å². The van der Waals surface area contributed by atoms with Crippen molar-refractivity contribution in [3.63, 3.8) is 0 Å². The summed E-state index contributed by atoms with van der Waals surface area (Å²) in [7, 11) is 0. The molecule has 0 saturated heterocycles. The van der Waals surface area contributed by atoms with Gasteiger partial charge in [-0.25, -0.2) is 0 Å². The molecule has 0 amide bonds. The molecule has 0 radical (unpaired) electrons. The van der Waals surface area contributed by atoms with Gasteiger partial charge in [0.25, 0.3) is 0 Å². The van der Waals surface area contributed by atoms with Gasteiger partial charge >= 0.3 is 5.97 Å². The highest BCUT2D eigenvalue weighted by Crippen LogP contribution is 2.16. The fraction of sp³-hybridized carbons (Fsp3) is 0.429. The number of rotatable bonds is 5. The Balaban J connectivity index is 2.94. The molecule has 17 heavy (non-hydrogen) atoms. The second kappa shape index (κ2) is 6.18. The van der Waals surface area contributed by atoms with Crippen LogP contribution in [0, 0.1) is 6.92 Å². The van der Waals surface area contributed by atoms with Crippen molar-refractivity contribution in [2.24, 2.45) is 0 Å². The van der Waals surface area contributed by atoms with E-state index in [1.807, 2.05) is 25.1 Å². The lowest BCUT2D eigenvalue weighted by molar-refractivity contribution is -0.142. The Labute approximate surface area is 102 Å². The van der Waals surface area contributed by atoms with Crippen LogP contribution in [-0.4, -0.2) is 18.4 Å². The number of esters is 1. The largest absolute Gasteiger partial charge is 0.466 e. The smallest absolute Gasteiger partial charge is 0.310 e. The fourth-order valence-corrected chi connectivity index (χ4v) is 1.80.